The molecule has 0 spiro atoms. The van der Waals surface area contributed by atoms with E-state index < -0.39 is 16.9 Å². The fourth-order valence-corrected chi connectivity index (χ4v) is 3.69. The SMILES string of the molecule is NCc1ccc(OCC(O)CS(=O)C2CCOCC2)cc1. The Labute approximate surface area is 127 Å². The fraction of sp³-hybridized carbons (Fsp3) is 0.600. The summed E-state index contributed by atoms with van der Waals surface area (Å²) in [5.74, 6) is 0.939. The Balaban J connectivity index is 1.73. The zero-order valence-corrected chi connectivity index (χ0v) is 12.9. The Hall–Kier alpha value is -0.950. The molecular weight excluding hydrogens is 290 g/mol. The zero-order chi connectivity index (χ0) is 15.1. The highest BCUT2D eigenvalue weighted by Crippen LogP contribution is 2.15. The number of nitrogens with two attached hydrogens (primary N) is 1. The van der Waals surface area contributed by atoms with Gasteiger partial charge in [0.1, 0.15) is 12.4 Å². The van der Waals surface area contributed by atoms with Gasteiger partial charge in [0, 0.05) is 35.8 Å². The molecule has 0 aliphatic carbocycles. The van der Waals surface area contributed by atoms with Crippen LogP contribution in [0, 0.1) is 0 Å². The van der Waals surface area contributed by atoms with Crippen molar-refractivity contribution in [3.05, 3.63) is 29.8 Å². The lowest BCUT2D eigenvalue weighted by Crippen LogP contribution is -2.32. The van der Waals surface area contributed by atoms with E-state index >= 15 is 0 Å². The molecule has 0 bridgehead atoms. The molecule has 2 unspecified atom stereocenters. The van der Waals surface area contributed by atoms with Gasteiger partial charge in [0.15, 0.2) is 0 Å². The summed E-state index contributed by atoms with van der Waals surface area (Å²) in [6.07, 6.45) is 0.893. The number of ether oxygens (including phenoxy) is 2. The fourth-order valence-electron chi connectivity index (χ4n) is 2.23. The first-order valence-electron chi connectivity index (χ1n) is 7.24. The molecule has 1 aromatic carbocycles. The third kappa shape index (κ3) is 5.39. The quantitative estimate of drug-likeness (QED) is 0.778. The maximum Gasteiger partial charge on any atom is 0.119 e. The van der Waals surface area contributed by atoms with E-state index in [1.54, 1.807) is 0 Å². The molecule has 1 heterocycles. The smallest absolute Gasteiger partial charge is 0.119 e. The van der Waals surface area contributed by atoms with Crippen molar-refractivity contribution in [1.82, 2.24) is 0 Å². The minimum absolute atomic E-state index is 0.136. The van der Waals surface area contributed by atoms with Crippen LogP contribution in [-0.2, 0) is 22.1 Å². The summed E-state index contributed by atoms with van der Waals surface area (Å²) >= 11 is 0. The third-order valence-electron chi connectivity index (χ3n) is 3.50. The number of hydrogen-bond acceptors (Lipinski definition) is 5. The molecule has 1 fully saturated rings. The van der Waals surface area contributed by atoms with Gasteiger partial charge in [0.25, 0.3) is 0 Å². The molecule has 3 N–H and O–H groups in total. The second-order valence-corrected chi connectivity index (χ2v) is 6.93. The van der Waals surface area contributed by atoms with Gasteiger partial charge in [-0.2, -0.15) is 0 Å². The molecule has 1 aromatic rings. The summed E-state index contributed by atoms with van der Waals surface area (Å²) in [4.78, 5) is 0. The van der Waals surface area contributed by atoms with E-state index in [0.717, 1.165) is 18.4 Å². The molecule has 21 heavy (non-hydrogen) atoms. The third-order valence-corrected chi connectivity index (χ3v) is 5.43. The molecule has 0 amide bonds. The van der Waals surface area contributed by atoms with Gasteiger partial charge in [0.05, 0.1) is 11.9 Å². The summed E-state index contributed by atoms with van der Waals surface area (Å²) in [6, 6.07) is 7.43. The normalized spacial score (nSPS) is 19.1. The number of benzene rings is 1. The Morgan fingerprint density at radius 3 is 2.62 bits per heavy atom. The number of aliphatic hydroxyl groups is 1. The zero-order valence-electron chi connectivity index (χ0n) is 12.1. The molecule has 1 aliphatic rings. The minimum Gasteiger partial charge on any atom is -0.491 e. The Morgan fingerprint density at radius 2 is 2.00 bits per heavy atom. The highest BCUT2D eigenvalue weighted by molar-refractivity contribution is 7.85. The molecule has 0 aromatic heterocycles. The standard InChI is InChI=1S/C15H23NO4S/c16-9-12-1-3-14(4-2-12)20-10-13(17)11-21(18)15-5-7-19-8-6-15/h1-4,13,15,17H,5-11,16H2. The average Bonchev–Trinajstić information content (AvgIpc) is 2.54. The first-order chi connectivity index (χ1) is 10.2. The lowest BCUT2D eigenvalue weighted by molar-refractivity contribution is 0.0982. The highest BCUT2D eigenvalue weighted by atomic mass is 32.2. The second kappa shape index (κ2) is 8.48. The summed E-state index contributed by atoms with van der Waals surface area (Å²) in [7, 11) is -1.03. The predicted molar refractivity (Wildman–Crippen MR) is 82.7 cm³/mol. The molecular formula is C15H23NO4S. The summed E-state index contributed by atoms with van der Waals surface area (Å²) in [6.45, 7) is 1.97. The van der Waals surface area contributed by atoms with Crippen molar-refractivity contribution in [3.8, 4) is 5.75 Å². The Kier molecular flexibility index (Phi) is 6.63. The first kappa shape index (κ1) is 16.4. The van der Waals surface area contributed by atoms with Crippen molar-refractivity contribution in [2.24, 2.45) is 5.73 Å². The largest absolute Gasteiger partial charge is 0.491 e. The van der Waals surface area contributed by atoms with Crippen LogP contribution in [0.1, 0.15) is 18.4 Å². The van der Waals surface area contributed by atoms with E-state index in [2.05, 4.69) is 0 Å². The molecule has 1 saturated heterocycles. The van der Waals surface area contributed by atoms with Crippen LogP contribution in [0.4, 0.5) is 0 Å². The second-order valence-electron chi connectivity index (χ2n) is 5.17. The molecule has 6 heteroatoms. The van der Waals surface area contributed by atoms with Crippen molar-refractivity contribution < 1.29 is 18.8 Å². The van der Waals surface area contributed by atoms with E-state index in [4.69, 9.17) is 15.2 Å². The molecule has 0 saturated carbocycles. The van der Waals surface area contributed by atoms with Crippen LogP contribution in [-0.4, -0.2) is 46.2 Å². The molecule has 2 rings (SSSR count). The van der Waals surface area contributed by atoms with Crippen LogP contribution in [0.2, 0.25) is 0 Å². The highest BCUT2D eigenvalue weighted by Gasteiger charge is 2.22. The molecule has 0 radical (unpaired) electrons. The van der Waals surface area contributed by atoms with Crippen molar-refractivity contribution in [3.63, 3.8) is 0 Å². The maximum atomic E-state index is 12.1. The predicted octanol–water partition coefficient (Wildman–Crippen LogP) is 0.813. The summed E-state index contributed by atoms with van der Waals surface area (Å²) in [5.41, 5.74) is 6.56. The van der Waals surface area contributed by atoms with Crippen molar-refractivity contribution in [2.75, 3.05) is 25.6 Å². The van der Waals surface area contributed by atoms with Gasteiger partial charge < -0.3 is 20.3 Å². The monoisotopic (exact) mass is 313 g/mol. The van der Waals surface area contributed by atoms with E-state index in [-0.39, 0.29) is 17.6 Å². The van der Waals surface area contributed by atoms with Crippen molar-refractivity contribution in [2.45, 2.75) is 30.7 Å². The van der Waals surface area contributed by atoms with Gasteiger partial charge in [-0.1, -0.05) is 12.1 Å². The van der Waals surface area contributed by atoms with E-state index in [1.165, 1.54) is 0 Å². The van der Waals surface area contributed by atoms with Gasteiger partial charge in [-0.15, -0.1) is 0 Å². The van der Waals surface area contributed by atoms with Gasteiger partial charge in [-0.3, -0.25) is 4.21 Å². The van der Waals surface area contributed by atoms with E-state index in [9.17, 15) is 9.32 Å². The van der Waals surface area contributed by atoms with E-state index in [0.29, 0.717) is 25.5 Å². The van der Waals surface area contributed by atoms with Gasteiger partial charge in [-0.25, -0.2) is 0 Å². The Morgan fingerprint density at radius 1 is 1.33 bits per heavy atom. The summed E-state index contributed by atoms with van der Waals surface area (Å²) in [5, 5.41) is 10.1. The number of aliphatic hydroxyl groups excluding tert-OH is 1. The van der Waals surface area contributed by atoms with Crippen LogP contribution < -0.4 is 10.5 Å². The number of hydrogen-bond donors (Lipinski definition) is 2. The van der Waals surface area contributed by atoms with Crippen LogP contribution in [0.15, 0.2) is 24.3 Å². The van der Waals surface area contributed by atoms with Crippen molar-refractivity contribution in [1.29, 1.82) is 0 Å². The molecule has 118 valence electrons. The maximum absolute atomic E-state index is 12.1. The van der Waals surface area contributed by atoms with Gasteiger partial charge >= 0.3 is 0 Å². The van der Waals surface area contributed by atoms with Crippen LogP contribution >= 0.6 is 0 Å². The first-order valence-corrected chi connectivity index (χ1v) is 8.62. The van der Waals surface area contributed by atoms with Crippen LogP contribution in [0.25, 0.3) is 0 Å². The van der Waals surface area contributed by atoms with E-state index in [1.807, 2.05) is 24.3 Å². The topological polar surface area (TPSA) is 81.8 Å². The van der Waals surface area contributed by atoms with Gasteiger partial charge in [0.2, 0.25) is 0 Å². The molecule has 1 aliphatic heterocycles. The minimum atomic E-state index is -1.03. The van der Waals surface area contributed by atoms with Gasteiger partial charge in [-0.05, 0) is 30.5 Å². The lowest BCUT2D eigenvalue weighted by atomic mass is 10.2. The Bertz CT molecular complexity index is 445. The average molecular weight is 313 g/mol. The van der Waals surface area contributed by atoms with Crippen LogP contribution in [0.5, 0.6) is 5.75 Å². The lowest BCUT2D eigenvalue weighted by Gasteiger charge is -2.22. The van der Waals surface area contributed by atoms with Crippen LogP contribution in [0.3, 0.4) is 0 Å². The summed E-state index contributed by atoms with van der Waals surface area (Å²) < 4.78 is 22.9. The number of rotatable bonds is 7. The molecule has 5 nitrogen and oxygen atoms in total. The molecule has 2 atom stereocenters. The van der Waals surface area contributed by atoms with Crippen molar-refractivity contribution >= 4 is 10.8 Å².